The fourth-order valence-corrected chi connectivity index (χ4v) is 1.49. The maximum Gasteiger partial charge on any atom is 0.167 e. The molecule has 0 bridgehead atoms. The molecule has 2 aromatic rings. The normalized spacial score (nSPS) is 10.6. The Morgan fingerprint density at radius 1 is 1.50 bits per heavy atom. The van der Waals surface area contributed by atoms with Gasteiger partial charge in [0.1, 0.15) is 6.29 Å². The maximum absolute atomic E-state index is 10.2. The van der Waals surface area contributed by atoms with E-state index in [0.29, 0.717) is 6.42 Å². The first-order valence-corrected chi connectivity index (χ1v) is 4.60. The van der Waals surface area contributed by atoms with Gasteiger partial charge in [0.15, 0.2) is 5.58 Å². The van der Waals surface area contributed by atoms with Crippen molar-refractivity contribution in [2.45, 2.75) is 19.8 Å². The van der Waals surface area contributed by atoms with Gasteiger partial charge in [0.25, 0.3) is 0 Å². The van der Waals surface area contributed by atoms with Gasteiger partial charge >= 0.3 is 0 Å². The van der Waals surface area contributed by atoms with Crippen LogP contribution in [0.25, 0.3) is 11.0 Å². The molecule has 3 heteroatoms. The second-order valence-corrected chi connectivity index (χ2v) is 3.30. The van der Waals surface area contributed by atoms with Gasteiger partial charge in [-0.2, -0.15) is 0 Å². The molecule has 0 amide bonds. The Labute approximate surface area is 81.7 Å². The number of nitrogens with zero attached hydrogens (tertiary/aromatic N) is 1. The Balaban J connectivity index is 2.36. The number of carbonyl (C=O) groups excluding carboxylic acids is 1. The molecule has 0 aliphatic carbocycles. The molecule has 0 unspecified atom stereocenters. The Kier molecular flexibility index (Phi) is 2.31. The minimum Gasteiger partial charge on any atom is -0.356 e. The van der Waals surface area contributed by atoms with Gasteiger partial charge in [0.2, 0.25) is 0 Å². The number of fused-ring (bicyclic) bond motifs is 1. The number of benzene rings is 1. The van der Waals surface area contributed by atoms with E-state index >= 15 is 0 Å². The highest BCUT2D eigenvalue weighted by Gasteiger charge is 2.04. The lowest BCUT2D eigenvalue weighted by Crippen LogP contribution is -1.85. The first-order valence-electron chi connectivity index (χ1n) is 4.60. The number of aromatic nitrogens is 1. The van der Waals surface area contributed by atoms with Crippen LogP contribution in [0.5, 0.6) is 0 Å². The summed E-state index contributed by atoms with van der Waals surface area (Å²) in [5.41, 5.74) is 2.81. The Hall–Kier alpha value is -1.64. The molecule has 14 heavy (non-hydrogen) atoms. The standard InChI is InChI=1S/C11H11NO2/c1-8-10-5-4-9(3-2-6-13)7-11(10)14-12-8/h4-7H,2-3H2,1H3. The van der Waals surface area contributed by atoms with Gasteiger partial charge in [0.05, 0.1) is 5.69 Å². The van der Waals surface area contributed by atoms with E-state index in [9.17, 15) is 4.79 Å². The van der Waals surface area contributed by atoms with E-state index in [0.717, 1.165) is 34.9 Å². The predicted octanol–water partition coefficient (Wildman–Crippen LogP) is 2.27. The van der Waals surface area contributed by atoms with Crippen LogP contribution in [0.4, 0.5) is 0 Å². The molecular formula is C11H11NO2. The summed E-state index contributed by atoms with van der Waals surface area (Å²) in [5.74, 6) is 0. The number of aldehydes is 1. The molecule has 0 saturated heterocycles. The monoisotopic (exact) mass is 189 g/mol. The largest absolute Gasteiger partial charge is 0.356 e. The van der Waals surface area contributed by atoms with Crippen molar-refractivity contribution in [1.29, 1.82) is 0 Å². The first kappa shape index (κ1) is 8.94. The lowest BCUT2D eigenvalue weighted by molar-refractivity contribution is -0.107. The van der Waals surface area contributed by atoms with Gasteiger partial charge in [-0.25, -0.2) is 0 Å². The molecule has 72 valence electrons. The molecule has 0 aliphatic rings. The smallest absolute Gasteiger partial charge is 0.167 e. The number of aryl methyl sites for hydroxylation is 2. The van der Waals surface area contributed by atoms with Crippen LogP contribution in [-0.2, 0) is 11.2 Å². The van der Waals surface area contributed by atoms with Crippen LogP contribution in [-0.4, -0.2) is 11.4 Å². The van der Waals surface area contributed by atoms with Gasteiger partial charge in [-0.15, -0.1) is 0 Å². The van der Waals surface area contributed by atoms with Gasteiger partial charge in [-0.1, -0.05) is 11.2 Å². The second kappa shape index (κ2) is 3.62. The van der Waals surface area contributed by atoms with E-state index in [2.05, 4.69) is 5.16 Å². The quantitative estimate of drug-likeness (QED) is 0.695. The van der Waals surface area contributed by atoms with E-state index in [1.165, 1.54) is 0 Å². The minimum absolute atomic E-state index is 0.554. The second-order valence-electron chi connectivity index (χ2n) is 3.30. The highest BCUT2D eigenvalue weighted by atomic mass is 16.5. The number of carbonyl (C=O) groups is 1. The Morgan fingerprint density at radius 3 is 3.14 bits per heavy atom. The summed E-state index contributed by atoms with van der Waals surface area (Å²) in [6.07, 6.45) is 2.24. The average Bonchev–Trinajstić information content (AvgIpc) is 2.57. The van der Waals surface area contributed by atoms with Crippen molar-refractivity contribution in [2.24, 2.45) is 0 Å². The van der Waals surface area contributed by atoms with Crippen LogP contribution < -0.4 is 0 Å². The molecule has 0 fully saturated rings. The molecule has 0 spiro atoms. The Morgan fingerprint density at radius 2 is 2.36 bits per heavy atom. The van der Waals surface area contributed by atoms with Crippen LogP contribution >= 0.6 is 0 Å². The van der Waals surface area contributed by atoms with Crippen LogP contribution in [0, 0.1) is 6.92 Å². The van der Waals surface area contributed by atoms with Crippen LogP contribution in [0.1, 0.15) is 17.7 Å². The van der Waals surface area contributed by atoms with Crippen molar-refractivity contribution in [3.05, 3.63) is 29.5 Å². The van der Waals surface area contributed by atoms with Crippen LogP contribution in [0.15, 0.2) is 22.7 Å². The summed E-state index contributed by atoms with van der Waals surface area (Å²) in [6, 6.07) is 5.94. The van der Waals surface area contributed by atoms with Crippen molar-refractivity contribution >= 4 is 17.3 Å². The fraction of sp³-hybridized carbons (Fsp3) is 0.273. The summed E-state index contributed by atoms with van der Waals surface area (Å²) >= 11 is 0. The van der Waals surface area contributed by atoms with Crippen LogP contribution in [0.3, 0.4) is 0 Å². The third kappa shape index (κ3) is 1.53. The van der Waals surface area contributed by atoms with E-state index in [1.807, 2.05) is 25.1 Å². The molecule has 2 rings (SSSR count). The van der Waals surface area contributed by atoms with Gasteiger partial charge in [-0.05, 0) is 31.0 Å². The SMILES string of the molecule is Cc1noc2cc(CCC=O)ccc12. The zero-order chi connectivity index (χ0) is 9.97. The lowest BCUT2D eigenvalue weighted by atomic mass is 10.1. The molecule has 1 heterocycles. The summed E-state index contributed by atoms with van der Waals surface area (Å²) in [4.78, 5) is 10.2. The maximum atomic E-state index is 10.2. The third-order valence-electron chi connectivity index (χ3n) is 2.27. The fourth-order valence-electron chi connectivity index (χ4n) is 1.49. The first-order chi connectivity index (χ1) is 6.81. The summed E-state index contributed by atoms with van der Waals surface area (Å²) in [5, 5.41) is 4.91. The number of hydrogen-bond acceptors (Lipinski definition) is 3. The van der Waals surface area contributed by atoms with E-state index < -0.39 is 0 Å². The lowest BCUT2D eigenvalue weighted by Gasteiger charge is -1.96. The van der Waals surface area contributed by atoms with Crippen molar-refractivity contribution in [3.63, 3.8) is 0 Å². The number of hydrogen-bond donors (Lipinski definition) is 0. The minimum atomic E-state index is 0.554. The zero-order valence-corrected chi connectivity index (χ0v) is 7.99. The topological polar surface area (TPSA) is 43.1 Å². The van der Waals surface area contributed by atoms with Crippen molar-refractivity contribution < 1.29 is 9.32 Å². The molecule has 3 nitrogen and oxygen atoms in total. The molecule has 0 aliphatic heterocycles. The summed E-state index contributed by atoms with van der Waals surface area (Å²) in [6.45, 7) is 1.91. The molecular weight excluding hydrogens is 178 g/mol. The highest BCUT2D eigenvalue weighted by Crippen LogP contribution is 2.19. The highest BCUT2D eigenvalue weighted by molar-refractivity contribution is 5.79. The van der Waals surface area contributed by atoms with Crippen LogP contribution in [0.2, 0.25) is 0 Å². The van der Waals surface area contributed by atoms with Gasteiger partial charge in [0, 0.05) is 11.8 Å². The molecule has 0 radical (unpaired) electrons. The van der Waals surface area contributed by atoms with Crippen molar-refractivity contribution in [2.75, 3.05) is 0 Å². The van der Waals surface area contributed by atoms with Gasteiger partial charge in [-0.3, -0.25) is 0 Å². The van der Waals surface area contributed by atoms with E-state index in [4.69, 9.17) is 4.52 Å². The number of rotatable bonds is 3. The average molecular weight is 189 g/mol. The van der Waals surface area contributed by atoms with E-state index in [1.54, 1.807) is 0 Å². The van der Waals surface area contributed by atoms with Crippen molar-refractivity contribution in [3.8, 4) is 0 Å². The summed E-state index contributed by atoms with van der Waals surface area (Å²) in [7, 11) is 0. The predicted molar refractivity (Wildman–Crippen MR) is 53.1 cm³/mol. The van der Waals surface area contributed by atoms with Crippen molar-refractivity contribution in [1.82, 2.24) is 5.16 Å². The molecule has 1 aromatic carbocycles. The molecule has 1 aromatic heterocycles. The summed E-state index contributed by atoms with van der Waals surface area (Å²) < 4.78 is 5.13. The third-order valence-corrected chi connectivity index (χ3v) is 2.27. The molecule has 0 saturated carbocycles. The molecule has 0 N–H and O–H groups in total. The van der Waals surface area contributed by atoms with Gasteiger partial charge < -0.3 is 9.32 Å². The Bertz CT molecular complexity index is 459. The van der Waals surface area contributed by atoms with E-state index in [-0.39, 0.29) is 0 Å². The molecule has 0 atom stereocenters. The zero-order valence-electron chi connectivity index (χ0n) is 7.99.